The summed E-state index contributed by atoms with van der Waals surface area (Å²) in [5.74, 6) is 2.49. The molecular formula is C18H22N4O2. The Morgan fingerprint density at radius 1 is 1.38 bits per heavy atom. The molecule has 6 nitrogen and oxygen atoms in total. The molecule has 0 fully saturated rings. The Morgan fingerprint density at radius 3 is 2.67 bits per heavy atom. The van der Waals surface area contributed by atoms with Gasteiger partial charge >= 0.3 is 6.09 Å². The molecule has 0 aromatic carbocycles. The Kier molecular flexibility index (Phi) is 4.93. The Morgan fingerprint density at radius 2 is 2.08 bits per heavy atom. The smallest absolute Gasteiger partial charge is 0.415 e. The average molecular weight is 326 g/mol. The van der Waals surface area contributed by atoms with Crippen molar-refractivity contribution in [1.29, 1.82) is 0 Å². The van der Waals surface area contributed by atoms with Crippen LogP contribution in [0.2, 0.25) is 0 Å². The standard InChI is InChI=1S/C18H22N4O2/c1-7-8-21(17(23)24-18(4,5)6)16-12-22(20-14(16)3)15-9-13(2)10-19-11-15/h1,9-12H,8H2,2-6H3. The second kappa shape index (κ2) is 6.75. The number of nitrogens with zero attached hydrogens (tertiary/aromatic N) is 4. The van der Waals surface area contributed by atoms with Crippen LogP contribution in [0.5, 0.6) is 0 Å². The van der Waals surface area contributed by atoms with Crippen LogP contribution in [-0.2, 0) is 4.74 Å². The zero-order valence-corrected chi connectivity index (χ0v) is 14.7. The lowest BCUT2D eigenvalue weighted by molar-refractivity contribution is 0.0585. The number of ether oxygens (including phenoxy) is 1. The van der Waals surface area contributed by atoms with Gasteiger partial charge in [0.1, 0.15) is 5.60 Å². The molecule has 2 aromatic heterocycles. The van der Waals surface area contributed by atoms with Crippen molar-refractivity contribution in [3.8, 4) is 18.0 Å². The van der Waals surface area contributed by atoms with Crippen molar-refractivity contribution >= 4 is 11.8 Å². The number of hydrogen-bond donors (Lipinski definition) is 0. The molecule has 0 saturated heterocycles. The molecule has 0 atom stereocenters. The van der Waals surface area contributed by atoms with Gasteiger partial charge in [-0.05, 0) is 46.2 Å². The molecule has 1 amide bonds. The summed E-state index contributed by atoms with van der Waals surface area (Å²) in [5.41, 5.74) is 2.53. The lowest BCUT2D eigenvalue weighted by Crippen LogP contribution is -2.37. The predicted molar refractivity (Wildman–Crippen MR) is 93.2 cm³/mol. The van der Waals surface area contributed by atoms with Crippen molar-refractivity contribution in [3.05, 3.63) is 35.9 Å². The van der Waals surface area contributed by atoms with E-state index in [4.69, 9.17) is 11.2 Å². The maximum atomic E-state index is 12.5. The van der Waals surface area contributed by atoms with Crippen molar-refractivity contribution in [2.75, 3.05) is 11.4 Å². The Hall–Kier alpha value is -2.81. The van der Waals surface area contributed by atoms with Gasteiger partial charge in [0.05, 0.1) is 36.0 Å². The van der Waals surface area contributed by atoms with E-state index in [-0.39, 0.29) is 6.54 Å². The van der Waals surface area contributed by atoms with Gasteiger partial charge < -0.3 is 4.74 Å². The number of anilines is 1. The Labute approximate surface area is 142 Å². The first kappa shape index (κ1) is 17.5. The normalized spacial score (nSPS) is 11.0. The third-order valence-electron chi connectivity index (χ3n) is 3.15. The second-order valence-electron chi connectivity index (χ2n) is 6.54. The SMILES string of the molecule is C#CCN(C(=O)OC(C)(C)C)c1cn(-c2cncc(C)c2)nc1C. The minimum Gasteiger partial charge on any atom is -0.443 e. The monoisotopic (exact) mass is 326 g/mol. The fourth-order valence-corrected chi connectivity index (χ4v) is 2.17. The molecule has 0 radical (unpaired) electrons. The molecule has 2 heterocycles. The van der Waals surface area contributed by atoms with Crippen molar-refractivity contribution < 1.29 is 9.53 Å². The van der Waals surface area contributed by atoms with Crippen LogP contribution in [0.4, 0.5) is 10.5 Å². The average Bonchev–Trinajstić information content (AvgIpc) is 2.84. The molecule has 0 unspecified atom stereocenters. The van der Waals surface area contributed by atoms with Gasteiger partial charge in [-0.2, -0.15) is 5.10 Å². The predicted octanol–water partition coefficient (Wildman–Crippen LogP) is 3.26. The number of pyridine rings is 1. The van der Waals surface area contributed by atoms with Crippen LogP contribution in [0.1, 0.15) is 32.0 Å². The van der Waals surface area contributed by atoms with E-state index in [0.717, 1.165) is 11.3 Å². The number of carbonyl (C=O) groups excluding carboxylic acids is 1. The lowest BCUT2D eigenvalue weighted by Gasteiger charge is -2.25. The second-order valence-corrected chi connectivity index (χ2v) is 6.54. The first-order chi connectivity index (χ1) is 11.2. The largest absolute Gasteiger partial charge is 0.443 e. The fraction of sp³-hybridized carbons (Fsp3) is 0.389. The van der Waals surface area contributed by atoms with Crippen LogP contribution in [0.25, 0.3) is 5.69 Å². The van der Waals surface area contributed by atoms with Crippen molar-refractivity contribution in [2.24, 2.45) is 0 Å². The number of rotatable bonds is 3. The van der Waals surface area contributed by atoms with E-state index in [2.05, 4.69) is 16.0 Å². The first-order valence-electron chi connectivity index (χ1n) is 7.63. The Balaban J connectivity index is 2.38. The van der Waals surface area contributed by atoms with Crippen LogP contribution < -0.4 is 4.90 Å². The third-order valence-corrected chi connectivity index (χ3v) is 3.15. The van der Waals surface area contributed by atoms with Crippen LogP contribution >= 0.6 is 0 Å². The summed E-state index contributed by atoms with van der Waals surface area (Å²) in [6.07, 6.45) is 10.2. The maximum Gasteiger partial charge on any atom is 0.415 e. The third kappa shape index (κ3) is 4.13. The summed E-state index contributed by atoms with van der Waals surface area (Å²) < 4.78 is 7.12. The molecule has 0 saturated carbocycles. The number of terminal acetylenes is 1. The topological polar surface area (TPSA) is 60.2 Å². The summed E-state index contributed by atoms with van der Waals surface area (Å²) in [5, 5.41) is 4.46. The van der Waals surface area contributed by atoms with Crippen molar-refractivity contribution in [1.82, 2.24) is 14.8 Å². The number of aryl methyl sites for hydroxylation is 2. The van der Waals surface area contributed by atoms with E-state index in [1.807, 2.05) is 40.7 Å². The van der Waals surface area contributed by atoms with E-state index in [9.17, 15) is 4.79 Å². The molecule has 0 spiro atoms. The minimum atomic E-state index is -0.603. The zero-order chi connectivity index (χ0) is 17.9. The van der Waals surface area contributed by atoms with Crippen LogP contribution in [-0.4, -0.2) is 33.0 Å². The summed E-state index contributed by atoms with van der Waals surface area (Å²) in [6.45, 7) is 9.32. The molecule has 6 heteroatoms. The molecule has 2 rings (SSSR count). The lowest BCUT2D eigenvalue weighted by atomic mass is 10.2. The zero-order valence-electron chi connectivity index (χ0n) is 14.7. The van der Waals surface area contributed by atoms with Crippen molar-refractivity contribution in [3.63, 3.8) is 0 Å². The van der Waals surface area contributed by atoms with E-state index >= 15 is 0 Å². The maximum absolute atomic E-state index is 12.5. The molecule has 0 bridgehead atoms. The van der Waals surface area contributed by atoms with Gasteiger partial charge in [0.2, 0.25) is 0 Å². The number of amides is 1. The molecule has 24 heavy (non-hydrogen) atoms. The minimum absolute atomic E-state index is 0.105. The highest BCUT2D eigenvalue weighted by Gasteiger charge is 2.25. The molecule has 0 aliphatic rings. The first-order valence-corrected chi connectivity index (χ1v) is 7.63. The van der Waals surface area contributed by atoms with Gasteiger partial charge in [0.25, 0.3) is 0 Å². The van der Waals surface area contributed by atoms with E-state index in [0.29, 0.717) is 11.4 Å². The summed E-state index contributed by atoms with van der Waals surface area (Å²) in [6, 6.07) is 1.96. The van der Waals surface area contributed by atoms with Crippen LogP contribution in [0, 0.1) is 26.2 Å². The summed E-state index contributed by atoms with van der Waals surface area (Å²) in [7, 11) is 0. The molecular weight excluding hydrogens is 304 g/mol. The summed E-state index contributed by atoms with van der Waals surface area (Å²) in [4.78, 5) is 18.0. The number of hydrogen-bond acceptors (Lipinski definition) is 4. The van der Waals surface area contributed by atoms with E-state index in [1.54, 1.807) is 23.3 Å². The van der Waals surface area contributed by atoms with Gasteiger partial charge in [-0.1, -0.05) is 5.92 Å². The van der Waals surface area contributed by atoms with Crippen molar-refractivity contribution in [2.45, 2.75) is 40.2 Å². The van der Waals surface area contributed by atoms with Gasteiger partial charge in [0.15, 0.2) is 0 Å². The highest BCUT2D eigenvalue weighted by atomic mass is 16.6. The molecule has 0 aliphatic heterocycles. The summed E-state index contributed by atoms with van der Waals surface area (Å²) >= 11 is 0. The fourth-order valence-electron chi connectivity index (χ4n) is 2.17. The quantitative estimate of drug-likeness (QED) is 0.812. The highest BCUT2D eigenvalue weighted by molar-refractivity contribution is 5.89. The molecule has 0 aliphatic carbocycles. The van der Waals surface area contributed by atoms with E-state index in [1.165, 1.54) is 4.90 Å². The van der Waals surface area contributed by atoms with E-state index < -0.39 is 11.7 Å². The van der Waals surface area contributed by atoms with Gasteiger partial charge in [-0.3, -0.25) is 9.88 Å². The number of aromatic nitrogens is 3. The number of carbonyl (C=O) groups is 1. The van der Waals surface area contributed by atoms with Gasteiger partial charge in [-0.15, -0.1) is 6.42 Å². The Bertz CT molecular complexity index is 781. The van der Waals surface area contributed by atoms with Crippen LogP contribution in [0.3, 0.4) is 0 Å². The highest BCUT2D eigenvalue weighted by Crippen LogP contribution is 2.23. The van der Waals surface area contributed by atoms with Crippen LogP contribution in [0.15, 0.2) is 24.7 Å². The molecule has 2 aromatic rings. The molecule has 126 valence electrons. The van der Waals surface area contributed by atoms with Gasteiger partial charge in [0, 0.05) is 6.20 Å². The molecule has 0 N–H and O–H groups in total. The van der Waals surface area contributed by atoms with Gasteiger partial charge in [-0.25, -0.2) is 9.48 Å².